The Bertz CT molecular complexity index is 1780. The highest BCUT2D eigenvalue weighted by atomic mass is 35.5. The van der Waals surface area contributed by atoms with E-state index in [1.165, 1.54) is 17.0 Å². The number of halogens is 2. The van der Waals surface area contributed by atoms with Gasteiger partial charge in [0.05, 0.1) is 17.2 Å². The molecule has 2 amide bonds. The van der Waals surface area contributed by atoms with Crippen molar-refractivity contribution in [1.29, 1.82) is 0 Å². The summed E-state index contributed by atoms with van der Waals surface area (Å²) in [5, 5.41) is 3.81. The second-order valence-corrected chi connectivity index (χ2v) is 14.3. The van der Waals surface area contributed by atoms with Crippen molar-refractivity contribution in [2.45, 2.75) is 62.6 Å². The zero-order chi connectivity index (χ0) is 34.1. The minimum atomic E-state index is -4.28. The molecule has 0 aromatic heterocycles. The topological polar surface area (TPSA) is 96.0 Å². The fraction of sp³-hybridized carbons (Fsp3) is 0.297. The average Bonchev–Trinajstić information content (AvgIpc) is 3.60. The molecular weight excluding hydrogens is 669 g/mol. The summed E-state index contributed by atoms with van der Waals surface area (Å²) >= 11 is 13.2. The Kier molecular flexibility index (Phi) is 12.0. The van der Waals surface area contributed by atoms with Crippen molar-refractivity contribution in [3.63, 3.8) is 0 Å². The van der Waals surface area contributed by atoms with Crippen LogP contribution in [0, 0.1) is 0 Å². The van der Waals surface area contributed by atoms with E-state index < -0.39 is 28.5 Å². The number of nitrogens with one attached hydrogen (secondary N) is 1. The van der Waals surface area contributed by atoms with E-state index in [0.717, 1.165) is 35.6 Å². The smallest absolute Gasteiger partial charge is 0.264 e. The first-order valence-corrected chi connectivity index (χ1v) is 18.2. The van der Waals surface area contributed by atoms with Crippen LogP contribution < -0.4 is 14.4 Å². The van der Waals surface area contributed by atoms with E-state index in [9.17, 15) is 18.0 Å². The monoisotopic (exact) mass is 707 g/mol. The van der Waals surface area contributed by atoms with Crippen LogP contribution in [0.1, 0.15) is 43.7 Å². The molecule has 1 atom stereocenters. The number of para-hydroxylation sites is 2. The summed E-state index contributed by atoms with van der Waals surface area (Å²) in [6, 6.07) is 28.0. The van der Waals surface area contributed by atoms with Crippen molar-refractivity contribution in [3.05, 3.63) is 124 Å². The number of anilines is 1. The second kappa shape index (κ2) is 16.4. The number of carbonyl (C=O) groups excluding carboxylic acids is 2. The van der Waals surface area contributed by atoms with Crippen LogP contribution in [0.25, 0.3) is 0 Å². The normalized spacial score (nSPS) is 13.9. The van der Waals surface area contributed by atoms with E-state index in [2.05, 4.69) is 5.32 Å². The molecule has 0 bridgehead atoms. The highest BCUT2D eigenvalue weighted by Gasteiger charge is 2.36. The van der Waals surface area contributed by atoms with Gasteiger partial charge in [-0.2, -0.15) is 0 Å². The number of benzene rings is 4. The fourth-order valence-corrected chi connectivity index (χ4v) is 7.91. The van der Waals surface area contributed by atoms with Gasteiger partial charge in [-0.05, 0) is 61.7 Å². The maximum Gasteiger partial charge on any atom is 0.264 e. The van der Waals surface area contributed by atoms with Gasteiger partial charge in [0, 0.05) is 34.6 Å². The summed E-state index contributed by atoms with van der Waals surface area (Å²) in [6.07, 6.45) is 3.92. The number of nitrogens with zero attached hydrogens (tertiary/aromatic N) is 2. The molecule has 0 heterocycles. The SMILES string of the molecule is CCOc1ccccc1N(CC(=O)N(Cc1c(Cl)cccc1Cl)C(Cc1ccccc1)C(=O)NC1CCCC1)S(=O)(=O)c1ccccc1. The van der Waals surface area contributed by atoms with Crippen LogP contribution >= 0.6 is 23.2 Å². The van der Waals surface area contributed by atoms with E-state index in [0.29, 0.717) is 21.4 Å². The number of carbonyl (C=O) groups is 2. The highest BCUT2D eigenvalue weighted by molar-refractivity contribution is 7.92. The number of rotatable bonds is 14. The highest BCUT2D eigenvalue weighted by Crippen LogP contribution is 2.34. The largest absolute Gasteiger partial charge is 0.492 e. The summed E-state index contributed by atoms with van der Waals surface area (Å²) in [4.78, 5) is 30.4. The Labute approximate surface area is 292 Å². The quantitative estimate of drug-likeness (QED) is 0.149. The number of ether oxygens (including phenoxy) is 1. The maximum atomic E-state index is 14.8. The predicted octanol–water partition coefficient (Wildman–Crippen LogP) is 7.29. The maximum absolute atomic E-state index is 14.8. The van der Waals surface area contributed by atoms with Crippen LogP contribution in [0.3, 0.4) is 0 Å². The zero-order valence-electron chi connectivity index (χ0n) is 26.7. The molecule has 11 heteroatoms. The predicted molar refractivity (Wildman–Crippen MR) is 190 cm³/mol. The van der Waals surface area contributed by atoms with Gasteiger partial charge in [-0.3, -0.25) is 13.9 Å². The zero-order valence-corrected chi connectivity index (χ0v) is 29.1. The summed E-state index contributed by atoms with van der Waals surface area (Å²) < 4.78 is 35.5. The molecule has 48 heavy (non-hydrogen) atoms. The van der Waals surface area contributed by atoms with Crippen molar-refractivity contribution in [1.82, 2.24) is 10.2 Å². The van der Waals surface area contributed by atoms with Crippen LogP contribution in [0.4, 0.5) is 5.69 Å². The van der Waals surface area contributed by atoms with Gasteiger partial charge in [0.15, 0.2) is 0 Å². The first kappa shape index (κ1) is 35.3. The first-order chi connectivity index (χ1) is 23.2. The Balaban J connectivity index is 1.61. The lowest BCUT2D eigenvalue weighted by molar-refractivity contribution is -0.140. The molecule has 4 aromatic carbocycles. The van der Waals surface area contributed by atoms with Crippen molar-refractivity contribution >= 4 is 50.7 Å². The van der Waals surface area contributed by atoms with Crippen LogP contribution in [0.2, 0.25) is 10.0 Å². The summed E-state index contributed by atoms with van der Waals surface area (Å²) in [5.74, 6) is -0.637. The van der Waals surface area contributed by atoms with Gasteiger partial charge in [-0.15, -0.1) is 0 Å². The third kappa shape index (κ3) is 8.50. The van der Waals surface area contributed by atoms with Crippen LogP contribution in [0.15, 0.2) is 108 Å². The van der Waals surface area contributed by atoms with E-state index in [1.54, 1.807) is 67.6 Å². The molecule has 5 rings (SSSR count). The van der Waals surface area contributed by atoms with Crippen LogP contribution in [-0.4, -0.2) is 50.4 Å². The molecular formula is C37H39Cl2N3O5S. The van der Waals surface area contributed by atoms with Crippen LogP contribution in [-0.2, 0) is 32.6 Å². The molecule has 1 unspecified atom stereocenters. The lowest BCUT2D eigenvalue weighted by Gasteiger charge is -2.35. The summed E-state index contributed by atoms with van der Waals surface area (Å²) in [6.45, 7) is 1.33. The third-order valence-electron chi connectivity index (χ3n) is 8.41. The minimum Gasteiger partial charge on any atom is -0.492 e. The van der Waals surface area contributed by atoms with E-state index in [4.69, 9.17) is 27.9 Å². The van der Waals surface area contributed by atoms with E-state index >= 15 is 0 Å². The number of hydrogen-bond acceptors (Lipinski definition) is 5. The molecule has 252 valence electrons. The molecule has 1 aliphatic carbocycles. The van der Waals surface area contributed by atoms with Crippen molar-refractivity contribution in [2.75, 3.05) is 17.5 Å². The molecule has 1 saturated carbocycles. The standard InChI is InChI=1S/C37H39Cl2N3O5S/c1-2-47-35-23-12-11-22-33(35)42(48(45,46)29-18-7-4-8-19-29)26-36(43)41(25-30-31(38)20-13-21-32(30)39)34(24-27-14-5-3-6-15-27)37(44)40-28-16-9-10-17-28/h3-8,11-15,18-23,28,34H,2,9-10,16-17,24-26H2,1H3,(H,40,44). The Morgan fingerprint density at radius 3 is 2.10 bits per heavy atom. The van der Waals surface area contributed by atoms with Gasteiger partial charge in [-0.1, -0.05) is 103 Å². The van der Waals surface area contributed by atoms with Crippen molar-refractivity contribution in [3.8, 4) is 5.75 Å². The Hall–Kier alpha value is -4.05. The molecule has 8 nitrogen and oxygen atoms in total. The molecule has 1 fully saturated rings. The van der Waals surface area contributed by atoms with Gasteiger partial charge in [0.1, 0.15) is 18.3 Å². The first-order valence-electron chi connectivity index (χ1n) is 16.0. The number of sulfonamides is 1. The molecule has 1 N–H and O–H groups in total. The molecule has 0 aliphatic heterocycles. The second-order valence-electron chi connectivity index (χ2n) is 11.6. The van der Waals surface area contributed by atoms with E-state index in [1.807, 2.05) is 30.3 Å². The van der Waals surface area contributed by atoms with E-state index in [-0.39, 0.29) is 42.1 Å². The average molecular weight is 709 g/mol. The minimum absolute atomic E-state index is 0.00427. The van der Waals surface area contributed by atoms with Gasteiger partial charge < -0.3 is 15.0 Å². The van der Waals surface area contributed by atoms with Crippen LogP contribution in [0.5, 0.6) is 5.75 Å². The molecule has 0 spiro atoms. The lowest BCUT2D eigenvalue weighted by atomic mass is 10.0. The van der Waals surface area contributed by atoms with Gasteiger partial charge in [-0.25, -0.2) is 8.42 Å². The number of hydrogen-bond donors (Lipinski definition) is 1. The fourth-order valence-electron chi connectivity index (χ4n) is 5.95. The third-order valence-corrected chi connectivity index (χ3v) is 10.9. The van der Waals surface area contributed by atoms with Gasteiger partial charge in [0.25, 0.3) is 10.0 Å². The Morgan fingerprint density at radius 1 is 0.854 bits per heavy atom. The van der Waals surface area contributed by atoms with Gasteiger partial charge in [0.2, 0.25) is 11.8 Å². The lowest BCUT2D eigenvalue weighted by Crippen LogP contribution is -2.54. The van der Waals surface area contributed by atoms with Crippen molar-refractivity contribution in [2.24, 2.45) is 0 Å². The summed E-state index contributed by atoms with van der Waals surface area (Å²) in [5.41, 5.74) is 1.48. The molecule has 0 saturated heterocycles. The van der Waals surface area contributed by atoms with Gasteiger partial charge >= 0.3 is 0 Å². The Morgan fingerprint density at radius 2 is 1.46 bits per heavy atom. The van der Waals surface area contributed by atoms with Crippen molar-refractivity contribution < 1.29 is 22.7 Å². The number of amides is 2. The molecule has 1 aliphatic rings. The molecule has 4 aromatic rings. The molecule has 0 radical (unpaired) electrons. The summed E-state index contributed by atoms with van der Waals surface area (Å²) in [7, 11) is -4.28.